The van der Waals surface area contributed by atoms with Gasteiger partial charge in [0.25, 0.3) is 0 Å². The summed E-state index contributed by atoms with van der Waals surface area (Å²) in [6.07, 6.45) is -2.54. The van der Waals surface area contributed by atoms with Crippen LogP contribution < -0.4 is 5.73 Å². The van der Waals surface area contributed by atoms with Crippen molar-refractivity contribution in [3.8, 4) is 0 Å². The van der Waals surface area contributed by atoms with Crippen LogP contribution in [0.4, 0.5) is 5.82 Å². The molecule has 0 saturated carbocycles. The molecule has 0 bridgehead atoms. The van der Waals surface area contributed by atoms with Gasteiger partial charge in [0.2, 0.25) is 14.7 Å². The molecule has 138 valence electrons. The van der Waals surface area contributed by atoms with Crippen LogP contribution in [0, 0.1) is 0 Å². The molecule has 1 fully saturated rings. The summed E-state index contributed by atoms with van der Waals surface area (Å²) in [7, 11) is -2.29. The van der Waals surface area contributed by atoms with Crippen LogP contribution in [-0.2, 0) is 14.3 Å². The van der Waals surface area contributed by atoms with E-state index < -0.39 is 45.6 Å². The number of hydrogen-bond donors (Lipinski definition) is 6. The van der Waals surface area contributed by atoms with Gasteiger partial charge in [0.05, 0.1) is 12.0 Å². The zero-order valence-electron chi connectivity index (χ0n) is 12.7. The largest absolute Gasteiger partial charge is 0.393 e. The highest BCUT2D eigenvalue weighted by molar-refractivity contribution is 7.45. The molecule has 0 radical (unpaired) electrons. The summed E-state index contributed by atoms with van der Waals surface area (Å²) >= 11 is 0. The van der Waals surface area contributed by atoms with E-state index in [2.05, 4.69) is 14.6 Å². The van der Waals surface area contributed by atoms with Crippen molar-refractivity contribution in [3.05, 3.63) is 18.6 Å². The lowest BCUT2D eigenvalue weighted by molar-refractivity contribution is -0.333. The number of nitrogens with zero attached hydrogens (tertiary/aromatic N) is 3. The van der Waals surface area contributed by atoms with Gasteiger partial charge in [0.1, 0.15) is 30.2 Å². The van der Waals surface area contributed by atoms with Crippen molar-refractivity contribution in [2.75, 3.05) is 18.7 Å². The van der Waals surface area contributed by atoms with E-state index in [1.165, 1.54) is 17.1 Å². The predicted molar refractivity (Wildman–Crippen MR) is 82.3 cm³/mol. The number of aliphatic hydroxyl groups is 4. The standard InChI is InChI=1S/C12H17N4O8P/c13-8-6-1-2-16(9(6)15-4-14-8)11-12(20,3-17)7(19)10(22-11)23-24-25(21)5-18/h1-2,4,7,10-11,17-21H,3,5H2,(H2,13,14,15)/t7?,10-,11-,12-,25?/m1/s1. The Labute approximate surface area is 141 Å². The number of fused-ring (bicyclic) bond motifs is 1. The topological polar surface area (TPSA) is 186 Å². The summed E-state index contributed by atoms with van der Waals surface area (Å²) in [5, 5.41) is 39.7. The zero-order valence-corrected chi connectivity index (χ0v) is 13.6. The third-order valence-corrected chi connectivity index (χ3v) is 4.35. The zero-order chi connectivity index (χ0) is 18.2. The number of anilines is 1. The quantitative estimate of drug-likeness (QED) is 0.189. The fourth-order valence-corrected chi connectivity index (χ4v) is 2.78. The molecular weight excluding hydrogens is 359 g/mol. The van der Waals surface area contributed by atoms with Crippen molar-refractivity contribution in [2.45, 2.75) is 24.2 Å². The second-order valence-electron chi connectivity index (χ2n) is 5.33. The SMILES string of the molecule is Nc1ncnc2c1ccn2[C@@H]1O[C@H](OOP(O)CO)C(O)[C@]1(O)CO. The summed E-state index contributed by atoms with van der Waals surface area (Å²) in [4.78, 5) is 21.8. The highest BCUT2D eigenvalue weighted by Crippen LogP contribution is 2.42. The monoisotopic (exact) mass is 376 g/mol. The molecule has 7 N–H and O–H groups in total. The molecule has 1 saturated heterocycles. The van der Waals surface area contributed by atoms with Crippen LogP contribution in [0.25, 0.3) is 11.0 Å². The van der Waals surface area contributed by atoms with Crippen molar-refractivity contribution in [2.24, 2.45) is 0 Å². The maximum absolute atomic E-state index is 10.7. The molecule has 1 aliphatic heterocycles. The molecule has 3 heterocycles. The average molecular weight is 376 g/mol. The molecule has 0 aliphatic carbocycles. The maximum Gasteiger partial charge on any atom is 0.232 e. The first-order chi connectivity index (χ1) is 11.9. The van der Waals surface area contributed by atoms with E-state index in [1.807, 2.05) is 0 Å². The van der Waals surface area contributed by atoms with Gasteiger partial charge in [-0.25, -0.2) is 9.97 Å². The van der Waals surface area contributed by atoms with Crippen LogP contribution in [0.2, 0.25) is 0 Å². The summed E-state index contributed by atoms with van der Waals surface area (Å²) in [5.74, 6) is 0.208. The maximum atomic E-state index is 10.7. The third kappa shape index (κ3) is 3.08. The van der Waals surface area contributed by atoms with E-state index in [0.29, 0.717) is 11.0 Å². The van der Waals surface area contributed by atoms with E-state index in [1.54, 1.807) is 6.07 Å². The number of aliphatic hydroxyl groups excluding tert-OH is 3. The Morgan fingerprint density at radius 2 is 2.16 bits per heavy atom. The minimum atomic E-state index is -2.29. The molecule has 1 aliphatic rings. The normalized spacial score (nSPS) is 30.8. The van der Waals surface area contributed by atoms with Gasteiger partial charge in [-0.2, -0.15) is 9.56 Å². The van der Waals surface area contributed by atoms with Crippen LogP contribution in [-0.4, -0.2) is 70.8 Å². The van der Waals surface area contributed by atoms with Gasteiger partial charge in [-0.05, 0) is 6.07 Å². The van der Waals surface area contributed by atoms with E-state index in [-0.39, 0.29) is 5.82 Å². The number of nitrogens with two attached hydrogens (primary N) is 1. The second kappa shape index (κ2) is 7.03. The van der Waals surface area contributed by atoms with Crippen molar-refractivity contribution in [3.63, 3.8) is 0 Å². The highest BCUT2D eigenvalue weighted by Gasteiger charge is 2.57. The smallest absolute Gasteiger partial charge is 0.232 e. The molecule has 2 aromatic heterocycles. The molecular formula is C12H17N4O8P. The minimum Gasteiger partial charge on any atom is -0.393 e. The number of aromatic nitrogens is 3. The van der Waals surface area contributed by atoms with Gasteiger partial charge in [-0.3, -0.25) is 0 Å². The van der Waals surface area contributed by atoms with E-state index in [4.69, 9.17) is 20.5 Å². The predicted octanol–water partition coefficient (Wildman–Crippen LogP) is -1.85. The molecule has 0 amide bonds. The highest BCUT2D eigenvalue weighted by atomic mass is 31.2. The average Bonchev–Trinajstić information content (AvgIpc) is 3.14. The second-order valence-corrected chi connectivity index (χ2v) is 6.47. The molecule has 3 rings (SSSR count). The Morgan fingerprint density at radius 3 is 2.84 bits per heavy atom. The molecule has 0 spiro atoms. The van der Waals surface area contributed by atoms with Crippen LogP contribution >= 0.6 is 8.38 Å². The summed E-state index contributed by atoms with van der Waals surface area (Å²) in [6, 6.07) is 1.58. The number of rotatable bonds is 6. The molecule has 0 aromatic carbocycles. The molecule has 5 atom stereocenters. The molecule has 2 unspecified atom stereocenters. The van der Waals surface area contributed by atoms with Gasteiger partial charge in [0, 0.05) is 6.20 Å². The Kier molecular flexibility index (Phi) is 5.16. The lowest BCUT2D eigenvalue weighted by Crippen LogP contribution is -2.49. The Bertz CT molecular complexity index is 747. The lowest BCUT2D eigenvalue weighted by atomic mass is 9.98. The fourth-order valence-electron chi connectivity index (χ4n) is 2.55. The van der Waals surface area contributed by atoms with E-state index in [0.717, 1.165) is 0 Å². The van der Waals surface area contributed by atoms with Crippen LogP contribution in [0.3, 0.4) is 0 Å². The number of ether oxygens (including phenoxy) is 1. The van der Waals surface area contributed by atoms with Gasteiger partial charge in [-0.1, -0.05) is 0 Å². The fraction of sp³-hybridized carbons (Fsp3) is 0.500. The van der Waals surface area contributed by atoms with Gasteiger partial charge >= 0.3 is 0 Å². The Hall–Kier alpha value is -1.47. The van der Waals surface area contributed by atoms with E-state index >= 15 is 0 Å². The first kappa shape index (κ1) is 18.3. The molecule has 25 heavy (non-hydrogen) atoms. The van der Waals surface area contributed by atoms with Crippen molar-refractivity contribution in [1.82, 2.24) is 14.5 Å². The van der Waals surface area contributed by atoms with Crippen molar-refractivity contribution in [1.29, 1.82) is 0 Å². The van der Waals surface area contributed by atoms with Gasteiger partial charge in [-0.15, -0.1) is 0 Å². The molecule has 2 aromatic rings. The first-order valence-electron chi connectivity index (χ1n) is 7.07. The number of nitrogen functional groups attached to an aromatic ring is 1. The summed E-state index contributed by atoms with van der Waals surface area (Å²) in [6.45, 7) is -0.868. The minimum absolute atomic E-state index is 0.208. The van der Waals surface area contributed by atoms with Gasteiger partial charge in [0.15, 0.2) is 11.8 Å². The molecule has 12 nitrogen and oxygen atoms in total. The molecule has 13 heteroatoms. The number of hydrogen-bond acceptors (Lipinski definition) is 11. The van der Waals surface area contributed by atoms with Crippen LogP contribution in [0.1, 0.15) is 6.23 Å². The Balaban J connectivity index is 1.92. The van der Waals surface area contributed by atoms with Gasteiger partial charge < -0.3 is 40.4 Å². The van der Waals surface area contributed by atoms with Crippen molar-refractivity contribution < 1.29 is 39.6 Å². The first-order valence-corrected chi connectivity index (χ1v) is 8.46. The lowest BCUT2D eigenvalue weighted by Gasteiger charge is -2.29. The third-order valence-electron chi connectivity index (χ3n) is 3.85. The summed E-state index contributed by atoms with van der Waals surface area (Å²) < 4.78 is 11.3. The van der Waals surface area contributed by atoms with Crippen molar-refractivity contribution >= 4 is 25.2 Å². The Morgan fingerprint density at radius 1 is 1.40 bits per heavy atom. The van der Waals surface area contributed by atoms with Crippen LogP contribution in [0.5, 0.6) is 0 Å². The van der Waals surface area contributed by atoms with E-state index in [9.17, 15) is 20.2 Å². The summed E-state index contributed by atoms with van der Waals surface area (Å²) in [5.41, 5.74) is 3.91. The van der Waals surface area contributed by atoms with Crippen LogP contribution in [0.15, 0.2) is 18.6 Å².